The van der Waals surface area contributed by atoms with E-state index in [4.69, 9.17) is 11.6 Å². The molecule has 0 aromatic heterocycles. The Kier molecular flexibility index (Phi) is 4.82. The maximum atomic E-state index is 14.1. The summed E-state index contributed by atoms with van der Waals surface area (Å²) in [5.74, 6) is -2.05. The molecule has 0 N–H and O–H groups in total. The Hall–Kier alpha value is -0.520. The summed E-state index contributed by atoms with van der Waals surface area (Å²) in [4.78, 5) is -0.965. The SMILES string of the molecule is Cc1ccc(F)c(C(Br)c2cc(Cl)c(Br)cc2F)c1F. The van der Waals surface area contributed by atoms with Crippen molar-refractivity contribution in [2.24, 2.45) is 0 Å². The molecule has 2 rings (SSSR count). The van der Waals surface area contributed by atoms with Crippen molar-refractivity contribution >= 4 is 43.5 Å². The zero-order chi connectivity index (χ0) is 15.0. The second-order valence-corrected chi connectivity index (χ2v) is 6.42. The third kappa shape index (κ3) is 2.90. The maximum Gasteiger partial charge on any atom is 0.133 e. The van der Waals surface area contributed by atoms with Crippen molar-refractivity contribution in [3.05, 3.63) is 67.9 Å². The predicted octanol–water partition coefficient (Wildman–Crippen LogP) is 6.31. The highest BCUT2D eigenvalue weighted by Gasteiger charge is 2.24. The van der Waals surface area contributed by atoms with Gasteiger partial charge in [-0.3, -0.25) is 0 Å². The smallest absolute Gasteiger partial charge is 0.133 e. The van der Waals surface area contributed by atoms with E-state index in [9.17, 15) is 13.2 Å². The highest BCUT2D eigenvalue weighted by molar-refractivity contribution is 9.10. The number of aryl methyl sites for hydroxylation is 1. The molecule has 2 aromatic rings. The van der Waals surface area contributed by atoms with Crippen LogP contribution in [0.4, 0.5) is 13.2 Å². The van der Waals surface area contributed by atoms with E-state index in [2.05, 4.69) is 31.9 Å². The molecule has 6 heteroatoms. The van der Waals surface area contributed by atoms with Crippen LogP contribution in [0.15, 0.2) is 28.7 Å². The Morgan fingerprint density at radius 2 is 1.75 bits per heavy atom. The molecule has 0 aliphatic carbocycles. The molecule has 0 amide bonds. The first-order valence-electron chi connectivity index (χ1n) is 5.56. The van der Waals surface area contributed by atoms with Gasteiger partial charge in [0.15, 0.2) is 0 Å². The first-order chi connectivity index (χ1) is 9.32. The van der Waals surface area contributed by atoms with Gasteiger partial charge in [-0.25, -0.2) is 13.2 Å². The van der Waals surface area contributed by atoms with Crippen LogP contribution in [-0.2, 0) is 0 Å². The maximum absolute atomic E-state index is 14.1. The monoisotopic (exact) mass is 426 g/mol. The molecule has 0 heterocycles. The minimum Gasteiger partial charge on any atom is -0.207 e. The summed E-state index contributed by atoms with van der Waals surface area (Å²) >= 11 is 12.1. The standard InChI is InChI=1S/C14H8Br2ClF3/c1-6-2-3-10(18)12(14(6)20)13(16)7-4-9(17)8(15)5-11(7)19/h2-5,13H,1H3. The van der Waals surface area contributed by atoms with E-state index in [0.29, 0.717) is 4.47 Å². The Labute approximate surface area is 136 Å². The quantitative estimate of drug-likeness (QED) is 0.388. The summed E-state index contributed by atoms with van der Waals surface area (Å²) in [6, 6.07) is 4.98. The third-order valence-corrected chi connectivity index (χ3v) is 5.03. The average molecular weight is 428 g/mol. The molecule has 2 aromatic carbocycles. The van der Waals surface area contributed by atoms with Gasteiger partial charge >= 0.3 is 0 Å². The Morgan fingerprint density at radius 1 is 1.10 bits per heavy atom. The fourth-order valence-corrected chi connectivity index (χ4v) is 3.06. The number of halogens is 6. The highest BCUT2D eigenvalue weighted by atomic mass is 79.9. The van der Waals surface area contributed by atoms with E-state index < -0.39 is 22.3 Å². The van der Waals surface area contributed by atoms with Gasteiger partial charge in [0.05, 0.1) is 9.85 Å². The largest absolute Gasteiger partial charge is 0.207 e. The zero-order valence-corrected chi connectivity index (χ0v) is 14.1. The van der Waals surface area contributed by atoms with Crippen molar-refractivity contribution in [1.82, 2.24) is 0 Å². The number of hydrogen-bond donors (Lipinski definition) is 0. The Balaban J connectivity index is 2.60. The molecule has 0 fully saturated rings. The van der Waals surface area contributed by atoms with Crippen molar-refractivity contribution in [3.63, 3.8) is 0 Å². The normalized spacial score (nSPS) is 12.6. The first-order valence-corrected chi connectivity index (χ1v) is 7.64. The van der Waals surface area contributed by atoms with Gasteiger partial charge in [-0.15, -0.1) is 0 Å². The number of alkyl halides is 1. The second-order valence-electron chi connectivity index (χ2n) is 4.24. The molecule has 0 nitrogen and oxygen atoms in total. The predicted molar refractivity (Wildman–Crippen MR) is 81.0 cm³/mol. The van der Waals surface area contributed by atoms with E-state index in [0.717, 1.165) is 12.1 Å². The topological polar surface area (TPSA) is 0 Å². The molecule has 0 aliphatic rings. The molecular weight excluding hydrogens is 420 g/mol. The Bertz CT molecular complexity index is 674. The minimum atomic E-state index is -0.965. The van der Waals surface area contributed by atoms with Gasteiger partial charge in [-0.2, -0.15) is 0 Å². The van der Waals surface area contributed by atoms with Gasteiger partial charge in [-0.1, -0.05) is 33.6 Å². The van der Waals surface area contributed by atoms with Gasteiger partial charge in [0, 0.05) is 15.6 Å². The van der Waals surface area contributed by atoms with Crippen LogP contribution in [0.2, 0.25) is 5.02 Å². The molecule has 0 saturated heterocycles. The van der Waals surface area contributed by atoms with Gasteiger partial charge in [0.1, 0.15) is 17.5 Å². The van der Waals surface area contributed by atoms with E-state index in [-0.39, 0.29) is 21.7 Å². The van der Waals surface area contributed by atoms with Crippen molar-refractivity contribution < 1.29 is 13.2 Å². The average Bonchev–Trinajstić information content (AvgIpc) is 2.38. The summed E-state index contributed by atoms with van der Waals surface area (Å²) in [5.41, 5.74) is 0.123. The van der Waals surface area contributed by atoms with Crippen LogP contribution < -0.4 is 0 Å². The third-order valence-electron chi connectivity index (χ3n) is 2.89. The lowest BCUT2D eigenvalue weighted by molar-refractivity contribution is 0.550. The summed E-state index contributed by atoms with van der Waals surface area (Å²) < 4.78 is 42.3. The fourth-order valence-electron chi connectivity index (χ4n) is 1.80. The number of rotatable bonds is 2. The Morgan fingerprint density at radius 3 is 2.40 bits per heavy atom. The molecule has 0 radical (unpaired) electrons. The van der Waals surface area contributed by atoms with E-state index in [1.165, 1.54) is 19.1 Å². The van der Waals surface area contributed by atoms with Crippen molar-refractivity contribution in [2.75, 3.05) is 0 Å². The van der Waals surface area contributed by atoms with Crippen LogP contribution in [-0.4, -0.2) is 0 Å². The summed E-state index contributed by atoms with van der Waals surface area (Å²) in [7, 11) is 0. The first kappa shape index (κ1) is 15.9. The molecular formula is C14H8Br2ClF3. The lowest BCUT2D eigenvalue weighted by atomic mass is 10.0. The van der Waals surface area contributed by atoms with Crippen LogP contribution >= 0.6 is 43.5 Å². The minimum absolute atomic E-state index is 0.0709. The summed E-state index contributed by atoms with van der Waals surface area (Å²) in [6.07, 6.45) is 0. The van der Waals surface area contributed by atoms with Gasteiger partial charge in [-0.05, 0) is 46.6 Å². The number of benzene rings is 2. The van der Waals surface area contributed by atoms with Crippen LogP contribution in [0.25, 0.3) is 0 Å². The van der Waals surface area contributed by atoms with Gasteiger partial charge in [0.25, 0.3) is 0 Å². The molecule has 106 valence electrons. The van der Waals surface area contributed by atoms with Crippen LogP contribution in [0, 0.1) is 24.4 Å². The molecule has 0 saturated carbocycles. The molecule has 1 atom stereocenters. The van der Waals surface area contributed by atoms with Crippen molar-refractivity contribution in [1.29, 1.82) is 0 Å². The van der Waals surface area contributed by atoms with E-state index in [1.807, 2.05) is 0 Å². The summed E-state index contributed by atoms with van der Waals surface area (Å²) in [6.45, 7) is 1.52. The number of hydrogen-bond acceptors (Lipinski definition) is 0. The zero-order valence-electron chi connectivity index (χ0n) is 10.2. The van der Waals surface area contributed by atoms with Gasteiger partial charge in [0.2, 0.25) is 0 Å². The van der Waals surface area contributed by atoms with Crippen molar-refractivity contribution in [2.45, 2.75) is 11.8 Å². The van der Waals surface area contributed by atoms with Gasteiger partial charge < -0.3 is 0 Å². The molecule has 0 bridgehead atoms. The lowest BCUT2D eigenvalue weighted by Crippen LogP contribution is -2.04. The molecule has 1 unspecified atom stereocenters. The van der Waals surface area contributed by atoms with Crippen LogP contribution in [0.3, 0.4) is 0 Å². The second kappa shape index (κ2) is 6.08. The lowest BCUT2D eigenvalue weighted by Gasteiger charge is -2.15. The van der Waals surface area contributed by atoms with Crippen LogP contribution in [0.1, 0.15) is 21.5 Å². The summed E-state index contributed by atoms with van der Waals surface area (Å²) in [5, 5.41) is 0.263. The molecule has 0 aliphatic heterocycles. The highest BCUT2D eigenvalue weighted by Crippen LogP contribution is 2.39. The fraction of sp³-hybridized carbons (Fsp3) is 0.143. The van der Waals surface area contributed by atoms with Crippen molar-refractivity contribution in [3.8, 4) is 0 Å². The molecule has 20 heavy (non-hydrogen) atoms. The molecule has 0 spiro atoms. The van der Waals surface area contributed by atoms with Crippen LogP contribution in [0.5, 0.6) is 0 Å². The van der Waals surface area contributed by atoms with E-state index >= 15 is 0 Å². The van der Waals surface area contributed by atoms with E-state index in [1.54, 1.807) is 0 Å².